The van der Waals surface area contributed by atoms with Crippen molar-refractivity contribution in [2.24, 2.45) is 5.92 Å². The average molecular weight is 212 g/mol. The Kier molecular flexibility index (Phi) is 2.21. The van der Waals surface area contributed by atoms with Gasteiger partial charge in [-0.1, -0.05) is 6.92 Å². The van der Waals surface area contributed by atoms with Gasteiger partial charge in [0.2, 0.25) is 0 Å². The Hall–Kier alpha value is -1.27. The van der Waals surface area contributed by atoms with E-state index in [1.165, 1.54) is 6.92 Å². The molecule has 1 N–H and O–H groups in total. The zero-order chi connectivity index (χ0) is 11.1. The Morgan fingerprint density at radius 1 is 1.64 bits per heavy atom. The summed E-state index contributed by atoms with van der Waals surface area (Å²) in [6.45, 7) is 1.19. The van der Waals surface area contributed by atoms with E-state index in [1.807, 2.05) is 0 Å². The molecule has 0 spiro atoms. The fourth-order valence-corrected chi connectivity index (χ4v) is 1.25. The van der Waals surface area contributed by atoms with Crippen molar-refractivity contribution in [3.63, 3.8) is 0 Å². The molecule has 0 radical (unpaired) electrons. The highest BCUT2D eigenvalue weighted by atomic mass is 19.4. The Morgan fingerprint density at radius 2 is 2.14 bits per heavy atom. The zero-order valence-corrected chi connectivity index (χ0v) is 7.09. The first-order valence-electron chi connectivity index (χ1n) is 3.73. The summed E-state index contributed by atoms with van der Waals surface area (Å²) in [4.78, 5) is 21.2. The van der Waals surface area contributed by atoms with Gasteiger partial charge in [0.15, 0.2) is 0 Å². The van der Waals surface area contributed by atoms with Crippen molar-refractivity contribution >= 4 is 11.9 Å². The van der Waals surface area contributed by atoms with E-state index in [4.69, 9.17) is 5.11 Å². The first kappa shape index (κ1) is 10.8. The summed E-state index contributed by atoms with van der Waals surface area (Å²) in [7, 11) is 0. The molecule has 1 heterocycles. The van der Waals surface area contributed by atoms with Gasteiger partial charge in [0, 0.05) is 6.42 Å². The van der Waals surface area contributed by atoms with Gasteiger partial charge in [0.25, 0.3) is 0 Å². The van der Waals surface area contributed by atoms with Gasteiger partial charge in [-0.05, 0) is 0 Å². The first-order chi connectivity index (χ1) is 6.21. The molecule has 0 aromatic carbocycles. The molecule has 0 bridgehead atoms. The van der Waals surface area contributed by atoms with Crippen molar-refractivity contribution in [2.45, 2.75) is 25.1 Å². The standard InChI is InChI=1S/C7H7F3O4/c1-3-2-6(5(12)13,7(8,9)10)14-4(3)11/h3H,2H2,1H3,(H,12,13). The molecule has 2 unspecified atom stereocenters. The number of carboxylic acids is 1. The lowest BCUT2D eigenvalue weighted by Gasteiger charge is -2.25. The van der Waals surface area contributed by atoms with Gasteiger partial charge < -0.3 is 9.84 Å². The highest BCUT2D eigenvalue weighted by Crippen LogP contribution is 2.43. The van der Waals surface area contributed by atoms with E-state index in [2.05, 4.69) is 4.74 Å². The van der Waals surface area contributed by atoms with Crippen LogP contribution in [0.1, 0.15) is 13.3 Å². The predicted molar refractivity (Wildman–Crippen MR) is 36.3 cm³/mol. The summed E-state index contributed by atoms with van der Waals surface area (Å²) in [5, 5.41) is 8.44. The molecule has 0 saturated carbocycles. The number of ether oxygens (including phenoxy) is 1. The van der Waals surface area contributed by atoms with Gasteiger partial charge >= 0.3 is 23.7 Å². The minimum atomic E-state index is -5.08. The van der Waals surface area contributed by atoms with E-state index < -0.39 is 36.1 Å². The van der Waals surface area contributed by atoms with Gasteiger partial charge in [0.1, 0.15) is 0 Å². The van der Waals surface area contributed by atoms with Crippen LogP contribution in [0.15, 0.2) is 0 Å². The van der Waals surface area contributed by atoms with Gasteiger partial charge in [0.05, 0.1) is 5.92 Å². The SMILES string of the molecule is CC1CC(C(=O)O)(C(F)(F)F)OC1=O. The van der Waals surface area contributed by atoms with Crippen molar-refractivity contribution in [1.29, 1.82) is 0 Å². The molecule has 1 saturated heterocycles. The average Bonchev–Trinajstić information content (AvgIpc) is 2.28. The second-order valence-corrected chi connectivity index (χ2v) is 3.16. The molecule has 14 heavy (non-hydrogen) atoms. The third-order valence-electron chi connectivity index (χ3n) is 2.07. The molecular weight excluding hydrogens is 205 g/mol. The van der Waals surface area contributed by atoms with E-state index in [-0.39, 0.29) is 0 Å². The molecule has 1 rings (SSSR count). The smallest absolute Gasteiger partial charge is 0.439 e. The lowest BCUT2D eigenvalue weighted by molar-refractivity contribution is -0.258. The molecule has 0 aliphatic carbocycles. The number of aliphatic carboxylic acids is 1. The Labute approximate surface area is 76.7 Å². The number of rotatable bonds is 1. The highest BCUT2D eigenvalue weighted by molar-refractivity contribution is 5.87. The Morgan fingerprint density at radius 3 is 2.29 bits per heavy atom. The number of hydrogen-bond acceptors (Lipinski definition) is 3. The molecular formula is C7H7F3O4. The number of alkyl halides is 3. The van der Waals surface area contributed by atoms with E-state index in [0.717, 1.165) is 0 Å². The van der Waals surface area contributed by atoms with Crippen LogP contribution >= 0.6 is 0 Å². The number of esters is 1. The zero-order valence-electron chi connectivity index (χ0n) is 7.09. The van der Waals surface area contributed by atoms with Crippen LogP contribution in [0.25, 0.3) is 0 Å². The summed E-state index contributed by atoms with van der Waals surface area (Å²) in [5.74, 6) is -4.36. The number of carboxylic acid groups (broad SMARTS) is 1. The summed E-state index contributed by atoms with van der Waals surface area (Å²) in [6.07, 6.45) is -5.95. The van der Waals surface area contributed by atoms with Crippen LogP contribution in [-0.4, -0.2) is 28.8 Å². The first-order valence-corrected chi connectivity index (χ1v) is 3.73. The fraction of sp³-hybridized carbons (Fsp3) is 0.714. The third kappa shape index (κ3) is 1.32. The van der Waals surface area contributed by atoms with E-state index >= 15 is 0 Å². The lowest BCUT2D eigenvalue weighted by Crippen LogP contribution is -2.51. The number of carbonyl (C=O) groups is 2. The summed E-state index contributed by atoms with van der Waals surface area (Å²) >= 11 is 0. The normalized spacial score (nSPS) is 32.9. The molecule has 0 aromatic heterocycles. The lowest BCUT2D eigenvalue weighted by atomic mass is 9.94. The molecule has 4 nitrogen and oxygen atoms in total. The third-order valence-corrected chi connectivity index (χ3v) is 2.07. The number of halogens is 3. The van der Waals surface area contributed by atoms with Crippen LogP contribution in [0.2, 0.25) is 0 Å². The number of hydrogen-bond donors (Lipinski definition) is 1. The van der Waals surface area contributed by atoms with Gasteiger partial charge in [-0.25, -0.2) is 4.79 Å². The summed E-state index contributed by atoms with van der Waals surface area (Å²) < 4.78 is 41.0. The van der Waals surface area contributed by atoms with Gasteiger partial charge in [-0.2, -0.15) is 13.2 Å². The fourth-order valence-electron chi connectivity index (χ4n) is 1.25. The van der Waals surface area contributed by atoms with Crippen molar-refractivity contribution in [1.82, 2.24) is 0 Å². The second-order valence-electron chi connectivity index (χ2n) is 3.16. The van der Waals surface area contributed by atoms with Crippen molar-refractivity contribution < 1.29 is 32.6 Å². The van der Waals surface area contributed by atoms with Crippen LogP contribution in [-0.2, 0) is 14.3 Å². The largest absolute Gasteiger partial charge is 0.478 e. The molecule has 80 valence electrons. The monoisotopic (exact) mass is 212 g/mol. The maximum Gasteiger partial charge on any atom is 0.439 e. The molecule has 1 aliphatic rings. The van der Waals surface area contributed by atoms with E-state index in [1.54, 1.807) is 0 Å². The van der Waals surface area contributed by atoms with Crippen LogP contribution in [0.3, 0.4) is 0 Å². The summed E-state index contributed by atoms with van der Waals surface area (Å²) in [6, 6.07) is 0. The van der Waals surface area contributed by atoms with E-state index in [9.17, 15) is 22.8 Å². The maximum absolute atomic E-state index is 12.4. The van der Waals surface area contributed by atoms with Crippen LogP contribution in [0.5, 0.6) is 0 Å². The van der Waals surface area contributed by atoms with Crippen molar-refractivity contribution in [3.05, 3.63) is 0 Å². The number of carbonyl (C=O) groups excluding carboxylic acids is 1. The second kappa shape index (κ2) is 2.86. The van der Waals surface area contributed by atoms with Crippen LogP contribution in [0, 0.1) is 5.92 Å². The Balaban J connectivity index is 3.10. The molecule has 0 aromatic rings. The quantitative estimate of drug-likeness (QED) is 0.657. The molecule has 7 heteroatoms. The predicted octanol–water partition coefficient (Wildman–Crippen LogP) is 0.955. The molecule has 1 aliphatic heterocycles. The molecule has 1 fully saturated rings. The van der Waals surface area contributed by atoms with Crippen LogP contribution < -0.4 is 0 Å². The maximum atomic E-state index is 12.4. The minimum absolute atomic E-state index is 0.870. The van der Waals surface area contributed by atoms with Crippen LogP contribution in [0.4, 0.5) is 13.2 Å². The topological polar surface area (TPSA) is 63.6 Å². The minimum Gasteiger partial charge on any atom is -0.478 e. The highest BCUT2D eigenvalue weighted by Gasteiger charge is 2.68. The van der Waals surface area contributed by atoms with Gasteiger partial charge in [-0.15, -0.1) is 0 Å². The van der Waals surface area contributed by atoms with Crippen molar-refractivity contribution in [2.75, 3.05) is 0 Å². The van der Waals surface area contributed by atoms with Gasteiger partial charge in [-0.3, -0.25) is 4.79 Å². The number of cyclic esters (lactones) is 1. The molecule has 0 amide bonds. The van der Waals surface area contributed by atoms with E-state index in [0.29, 0.717) is 0 Å². The summed E-state index contributed by atoms with van der Waals surface area (Å²) in [5.41, 5.74) is -3.36. The Bertz CT molecular complexity index is 285. The molecule has 2 atom stereocenters. The van der Waals surface area contributed by atoms with Crippen molar-refractivity contribution in [3.8, 4) is 0 Å².